The highest BCUT2D eigenvalue weighted by atomic mass is 35.5. The van der Waals surface area contributed by atoms with Gasteiger partial charge >= 0.3 is 0 Å². The molecule has 5 nitrogen and oxygen atoms in total. The molecule has 4 aromatic rings. The number of benzene rings is 2. The van der Waals surface area contributed by atoms with E-state index < -0.39 is 0 Å². The van der Waals surface area contributed by atoms with Gasteiger partial charge in [-0.2, -0.15) is 5.06 Å². The van der Waals surface area contributed by atoms with Crippen molar-refractivity contribution in [2.24, 2.45) is 5.92 Å². The molecule has 2 aromatic heterocycles. The first-order valence-corrected chi connectivity index (χ1v) is 10.7. The van der Waals surface area contributed by atoms with Crippen LogP contribution in [0.2, 0.25) is 5.02 Å². The lowest BCUT2D eigenvalue weighted by Crippen LogP contribution is -2.15. The molecule has 1 fully saturated rings. The fraction of sp³-hybridized carbons (Fsp3) is 0.292. The summed E-state index contributed by atoms with van der Waals surface area (Å²) in [6.45, 7) is 2.26. The first-order valence-electron chi connectivity index (χ1n) is 10.4. The maximum Gasteiger partial charge on any atom is 0.133 e. The predicted molar refractivity (Wildman–Crippen MR) is 118 cm³/mol. The van der Waals surface area contributed by atoms with E-state index in [1.807, 2.05) is 24.3 Å². The lowest BCUT2D eigenvalue weighted by Gasteiger charge is -2.12. The van der Waals surface area contributed by atoms with Crippen LogP contribution in [0.25, 0.3) is 22.4 Å². The van der Waals surface area contributed by atoms with E-state index in [9.17, 15) is 5.21 Å². The third-order valence-electron chi connectivity index (χ3n) is 5.93. The highest BCUT2D eigenvalue weighted by Gasteiger charge is 2.22. The Hall–Kier alpha value is -2.60. The standard InChI is InChI=1S/C24H24ClN3O2/c25-20-7-3-17(4-8-20)16-28-22-9-6-19(23-2-1-13-30-23)14-21(22)26-24(28)10-5-18-11-12-27(29)15-18/h1-4,6-9,13-14,18,29H,5,10-12,15-16H2. The van der Waals surface area contributed by atoms with Gasteiger partial charge in [0.25, 0.3) is 0 Å². The Balaban J connectivity index is 1.48. The molecule has 0 spiro atoms. The van der Waals surface area contributed by atoms with Crippen LogP contribution in [0.3, 0.4) is 0 Å². The molecule has 1 unspecified atom stereocenters. The molecule has 30 heavy (non-hydrogen) atoms. The molecule has 1 atom stereocenters. The Bertz CT molecular complexity index is 1140. The zero-order valence-corrected chi connectivity index (χ0v) is 17.4. The highest BCUT2D eigenvalue weighted by Crippen LogP contribution is 2.28. The van der Waals surface area contributed by atoms with Gasteiger partial charge < -0.3 is 14.2 Å². The number of fused-ring (bicyclic) bond motifs is 1. The minimum absolute atomic E-state index is 0.512. The van der Waals surface area contributed by atoms with Crippen molar-refractivity contribution >= 4 is 22.6 Å². The van der Waals surface area contributed by atoms with E-state index in [0.29, 0.717) is 5.92 Å². The van der Waals surface area contributed by atoms with Crippen molar-refractivity contribution < 1.29 is 9.62 Å². The van der Waals surface area contributed by atoms with Gasteiger partial charge in [0.2, 0.25) is 0 Å². The number of imidazole rings is 1. The van der Waals surface area contributed by atoms with Crippen molar-refractivity contribution in [1.29, 1.82) is 0 Å². The fourth-order valence-corrected chi connectivity index (χ4v) is 4.42. The molecule has 0 radical (unpaired) electrons. The molecule has 2 aromatic carbocycles. The third-order valence-corrected chi connectivity index (χ3v) is 6.18. The van der Waals surface area contributed by atoms with Crippen molar-refractivity contribution in [3.05, 3.63) is 77.3 Å². The number of nitrogens with zero attached hydrogens (tertiary/aromatic N) is 3. The molecular weight excluding hydrogens is 398 g/mol. The summed E-state index contributed by atoms with van der Waals surface area (Å²) >= 11 is 6.07. The SMILES string of the molecule is ON1CCC(CCc2nc3cc(-c4ccco4)ccc3n2Cc2ccc(Cl)cc2)C1. The Morgan fingerprint density at radius 1 is 1.13 bits per heavy atom. The number of aromatic nitrogens is 2. The second-order valence-corrected chi connectivity index (χ2v) is 8.46. The molecule has 6 heteroatoms. The van der Waals surface area contributed by atoms with E-state index in [1.54, 1.807) is 6.26 Å². The summed E-state index contributed by atoms with van der Waals surface area (Å²) in [5.41, 5.74) is 4.31. The normalized spacial score (nSPS) is 17.2. The van der Waals surface area contributed by atoms with Gasteiger partial charge in [-0.15, -0.1) is 0 Å². The Morgan fingerprint density at radius 2 is 2.00 bits per heavy atom. The Morgan fingerprint density at radius 3 is 2.73 bits per heavy atom. The minimum Gasteiger partial charge on any atom is -0.464 e. The topological polar surface area (TPSA) is 54.4 Å². The third kappa shape index (κ3) is 4.01. The minimum atomic E-state index is 0.512. The van der Waals surface area contributed by atoms with Gasteiger partial charge in [-0.05, 0) is 66.8 Å². The van der Waals surface area contributed by atoms with Gasteiger partial charge in [0.1, 0.15) is 11.6 Å². The lowest BCUT2D eigenvalue weighted by molar-refractivity contribution is -0.0715. The summed E-state index contributed by atoms with van der Waals surface area (Å²) in [6, 6.07) is 18.2. The summed E-state index contributed by atoms with van der Waals surface area (Å²) in [7, 11) is 0. The van der Waals surface area contributed by atoms with Crippen molar-refractivity contribution in [1.82, 2.24) is 14.6 Å². The number of rotatable bonds is 6. The molecule has 3 heterocycles. The van der Waals surface area contributed by atoms with Crippen LogP contribution in [0.5, 0.6) is 0 Å². The summed E-state index contributed by atoms with van der Waals surface area (Å²) in [4.78, 5) is 5.00. The number of aryl methyl sites for hydroxylation is 1. The van der Waals surface area contributed by atoms with Crippen LogP contribution in [-0.4, -0.2) is 32.9 Å². The number of hydrogen-bond donors (Lipinski definition) is 1. The van der Waals surface area contributed by atoms with E-state index >= 15 is 0 Å². The van der Waals surface area contributed by atoms with Gasteiger partial charge in [-0.3, -0.25) is 0 Å². The molecule has 0 saturated carbocycles. The van der Waals surface area contributed by atoms with Crippen LogP contribution in [0.15, 0.2) is 65.3 Å². The molecule has 1 aliphatic heterocycles. The van der Waals surface area contributed by atoms with Crippen LogP contribution in [0.1, 0.15) is 24.2 Å². The monoisotopic (exact) mass is 421 g/mol. The van der Waals surface area contributed by atoms with Crippen LogP contribution in [-0.2, 0) is 13.0 Å². The van der Waals surface area contributed by atoms with Gasteiger partial charge in [-0.1, -0.05) is 23.7 Å². The molecule has 1 aliphatic rings. The Kier molecular flexibility index (Phi) is 5.34. The summed E-state index contributed by atoms with van der Waals surface area (Å²) < 4.78 is 7.86. The molecule has 0 bridgehead atoms. The first kappa shape index (κ1) is 19.4. The maximum atomic E-state index is 9.70. The van der Waals surface area contributed by atoms with Gasteiger partial charge in [0.05, 0.1) is 17.3 Å². The van der Waals surface area contributed by atoms with Crippen molar-refractivity contribution in [3.63, 3.8) is 0 Å². The Labute approximate surface area is 180 Å². The van der Waals surface area contributed by atoms with Crippen LogP contribution < -0.4 is 0 Å². The number of halogens is 1. The van der Waals surface area contributed by atoms with Crippen molar-refractivity contribution in [3.8, 4) is 11.3 Å². The lowest BCUT2D eigenvalue weighted by atomic mass is 10.0. The van der Waals surface area contributed by atoms with E-state index in [0.717, 1.165) is 72.1 Å². The molecule has 1 saturated heterocycles. The molecule has 0 aliphatic carbocycles. The molecular formula is C24H24ClN3O2. The van der Waals surface area contributed by atoms with Gasteiger partial charge in [0.15, 0.2) is 0 Å². The molecule has 154 valence electrons. The first-order chi connectivity index (χ1) is 14.7. The second kappa shape index (κ2) is 8.26. The molecule has 5 rings (SSSR count). The number of hydroxylamine groups is 2. The van der Waals surface area contributed by atoms with E-state index in [2.05, 4.69) is 34.9 Å². The van der Waals surface area contributed by atoms with Crippen molar-refractivity contribution in [2.75, 3.05) is 13.1 Å². The van der Waals surface area contributed by atoms with E-state index in [-0.39, 0.29) is 0 Å². The zero-order chi connectivity index (χ0) is 20.5. The van der Waals surface area contributed by atoms with E-state index in [1.165, 1.54) is 10.6 Å². The van der Waals surface area contributed by atoms with Crippen LogP contribution in [0.4, 0.5) is 0 Å². The van der Waals surface area contributed by atoms with Crippen LogP contribution >= 0.6 is 11.6 Å². The summed E-state index contributed by atoms with van der Waals surface area (Å²) in [5, 5.41) is 11.9. The van der Waals surface area contributed by atoms with Gasteiger partial charge in [0, 0.05) is 36.6 Å². The average molecular weight is 422 g/mol. The van der Waals surface area contributed by atoms with Crippen molar-refractivity contribution in [2.45, 2.75) is 25.8 Å². The maximum absolute atomic E-state index is 9.70. The largest absolute Gasteiger partial charge is 0.464 e. The molecule has 0 amide bonds. The quantitative estimate of drug-likeness (QED) is 0.437. The molecule has 1 N–H and O–H groups in total. The van der Waals surface area contributed by atoms with Gasteiger partial charge in [-0.25, -0.2) is 4.98 Å². The average Bonchev–Trinajstić information content (AvgIpc) is 3.49. The summed E-state index contributed by atoms with van der Waals surface area (Å²) in [6.07, 6.45) is 4.63. The number of furan rings is 1. The predicted octanol–water partition coefficient (Wildman–Crippen LogP) is 5.64. The zero-order valence-electron chi connectivity index (χ0n) is 16.7. The number of hydrogen-bond acceptors (Lipinski definition) is 4. The fourth-order valence-electron chi connectivity index (χ4n) is 4.30. The smallest absolute Gasteiger partial charge is 0.133 e. The van der Waals surface area contributed by atoms with E-state index in [4.69, 9.17) is 21.0 Å². The van der Waals surface area contributed by atoms with Crippen LogP contribution in [0, 0.1) is 5.92 Å². The highest BCUT2D eigenvalue weighted by molar-refractivity contribution is 6.30. The second-order valence-electron chi connectivity index (χ2n) is 8.03. The summed E-state index contributed by atoms with van der Waals surface area (Å²) in [5.74, 6) is 2.44.